The number of hydrogen-bond donors (Lipinski definition) is 1. The van der Waals surface area contributed by atoms with Crippen LogP contribution in [-0.4, -0.2) is 18.9 Å². The van der Waals surface area contributed by atoms with Crippen molar-refractivity contribution in [2.75, 3.05) is 23.3 Å². The van der Waals surface area contributed by atoms with Crippen LogP contribution in [0.4, 0.5) is 11.4 Å². The molecule has 0 radical (unpaired) electrons. The SMILES string of the molecule is CCCN(CCC)c1ccc(C2Nc3ccc4ccccc4c3C3=C2CC(C)(C)CC3=O)cc1. The zero-order valence-corrected chi connectivity index (χ0v) is 20.9. The molecule has 0 amide bonds. The van der Waals surface area contributed by atoms with Crippen LogP contribution < -0.4 is 10.2 Å². The minimum absolute atomic E-state index is 0.0204. The van der Waals surface area contributed by atoms with Gasteiger partial charge < -0.3 is 10.2 Å². The molecule has 0 saturated carbocycles. The number of benzene rings is 3. The molecule has 3 aromatic rings. The summed E-state index contributed by atoms with van der Waals surface area (Å²) in [7, 11) is 0. The Morgan fingerprint density at radius 1 is 0.912 bits per heavy atom. The van der Waals surface area contributed by atoms with Gasteiger partial charge in [0.25, 0.3) is 0 Å². The average Bonchev–Trinajstić information content (AvgIpc) is 2.82. The van der Waals surface area contributed by atoms with Crippen LogP contribution in [0.5, 0.6) is 0 Å². The lowest BCUT2D eigenvalue weighted by Gasteiger charge is -2.40. The molecule has 34 heavy (non-hydrogen) atoms. The van der Waals surface area contributed by atoms with E-state index in [1.807, 2.05) is 0 Å². The first-order valence-corrected chi connectivity index (χ1v) is 12.8. The summed E-state index contributed by atoms with van der Waals surface area (Å²) in [6.07, 6.45) is 3.81. The highest BCUT2D eigenvalue weighted by Crippen LogP contribution is 2.51. The normalized spacial score (nSPS) is 18.9. The van der Waals surface area contributed by atoms with Gasteiger partial charge in [-0.15, -0.1) is 0 Å². The number of ketones is 1. The number of anilines is 2. The van der Waals surface area contributed by atoms with Gasteiger partial charge in [-0.3, -0.25) is 4.79 Å². The first kappa shape index (κ1) is 22.7. The largest absolute Gasteiger partial charge is 0.374 e. The molecular formula is C31H36N2O. The molecule has 5 rings (SSSR count). The van der Waals surface area contributed by atoms with E-state index in [2.05, 4.69) is 98.6 Å². The van der Waals surface area contributed by atoms with Crippen molar-refractivity contribution < 1.29 is 4.79 Å². The van der Waals surface area contributed by atoms with Gasteiger partial charge >= 0.3 is 0 Å². The van der Waals surface area contributed by atoms with Crippen LogP contribution in [0.25, 0.3) is 16.3 Å². The molecule has 1 N–H and O–H groups in total. The lowest BCUT2D eigenvalue weighted by atomic mass is 9.68. The van der Waals surface area contributed by atoms with Gasteiger partial charge in [0.1, 0.15) is 0 Å². The van der Waals surface area contributed by atoms with Crippen LogP contribution in [0, 0.1) is 5.41 Å². The predicted octanol–water partition coefficient (Wildman–Crippen LogP) is 7.78. The number of allylic oxidation sites excluding steroid dienone is 1. The van der Waals surface area contributed by atoms with Crippen molar-refractivity contribution in [2.24, 2.45) is 5.41 Å². The number of nitrogens with one attached hydrogen (secondary N) is 1. The lowest BCUT2D eigenvalue weighted by molar-refractivity contribution is -0.116. The number of nitrogens with zero attached hydrogens (tertiary/aromatic N) is 1. The maximum Gasteiger partial charge on any atom is 0.164 e. The fourth-order valence-corrected chi connectivity index (χ4v) is 5.89. The molecule has 1 aliphatic heterocycles. The molecule has 3 aromatic carbocycles. The summed E-state index contributed by atoms with van der Waals surface area (Å²) in [5.41, 5.74) is 6.85. The summed E-state index contributed by atoms with van der Waals surface area (Å²) in [5, 5.41) is 6.18. The van der Waals surface area contributed by atoms with Gasteiger partial charge in [-0.05, 0) is 64.8 Å². The number of carbonyl (C=O) groups excluding carboxylic acids is 1. The van der Waals surface area contributed by atoms with E-state index in [1.54, 1.807) is 0 Å². The van der Waals surface area contributed by atoms with E-state index in [9.17, 15) is 4.79 Å². The molecule has 1 heterocycles. The third-order valence-electron chi connectivity index (χ3n) is 7.31. The minimum atomic E-state index is -0.0308. The van der Waals surface area contributed by atoms with Gasteiger partial charge in [-0.1, -0.05) is 70.2 Å². The molecule has 0 fully saturated rings. The highest BCUT2D eigenvalue weighted by Gasteiger charge is 2.40. The first-order valence-electron chi connectivity index (χ1n) is 12.8. The second kappa shape index (κ2) is 8.94. The van der Waals surface area contributed by atoms with Crippen molar-refractivity contribution in [1.82, 2.24) is 0 Å². The predicted molar refractivity (Wildman–Crippen MR) is 144 cm³/mol. The van der Waals surface area contributed by atoms with E-state index in [1.165, 1.54) is 22.2 Å². The van der Waals surface area contributed by atoms with Crippen LogP contribution in [-0.2, 0) is 4.79 Å². The van der Waals surface area contributed by atoms with Crippen molar-refractivity contribution in [3.63, 3.8) is 0 Å². The molecule has 3 nitrogen and oxygen atoms in total. The van der Waals surface area contributed by atoms with Crippen LogP contribution in [0.3, 0.4) is 0 Å². The highest BCUT2D eigenvalue weighted by molar-refractivity contribution is 6.28. The molecule has 2 aliphatic rings. The Morgan fingerprint density at radius 2 is 1.62 bits per heavy atom. The van der Waals surface area contributed by atoms with E-state index in [4.69, 9.17) is 0 Å². The average molecular weight is 453 g/mol. The summed E-state index contributed by atoms with van der Waals surface area (Å²) in [5.74, 6) is 0.282. The van der Waals surface area contributed by atoms with E-state index < -0.39 is 0 Å². The number of fused-ring (bicyclic) bond motifs is 4. The van der Waals surface area contributed by atoms with Crippen LogP contribution in [0.1, 0.15) is 70.5 Å². The summed E-state index contributed by atoms with van der Waals surface area (Å²) in [6.45, 7) is 11.1. The summed E-state index contributed by atoms with van der Waals surface area (Å²) >= 11 is 0. The molecular weight excluding hydrogens is 416 g/mol. The van der Waals surface area contributed by atoms with Gasteiger partial charge in [0.05, 0.1) is 6.04 Å². The molecule has 0 spiro atoms. The monoisotopic (exact) mass is 452 g/mol. The molecule has 3 heteroatoms. The number of hydrogen-bond acceptors (Lipinski definition) is 3. The second-order valence-electron chi connectivity index (χ2n) is 10.7. The van der Waals surface area contributed by atoms with Gasteiger partial charge in [0.15, 0.2) is 5.78 Å². The highest BCUT2D eigenvalue weighted by atomic mass is 16.1. The molecule has 176 valence electrons. The smallest absolute Gasteiger partial charge is 0.164 e. The Labute approximate surface area is 203 Å². The fourth-order valence-electron chi connectivity index (χ4n) is 5.89. The summed E-state index contributed by atoms with van der Waals surface area (Å²) in [6, 6.07) is 21.8. The van der Waals surface area contributed by atoms with Crippen molar-refractivity contribution >= 4 is 33.5 Å². The zero-order valence-electron chi connectivity index (χ0n) is 20.9. The standard InChI is InChI=1S/C31H36N2O/c1-5-17-33(18-6-2)23-14-11-22(12-15-23)30-25-19-31(3,4)20-27(34)29(25)28-24-10-8-7-9-21(24)13-16-26(28)32-30/h7-16,30,32H,5-6,17-20H2,1-4H3. The number of carbonyl (C=O) groups is 1. The van der Waals surface area contributed by atoms with Crippen molar-refractivity contribution in [1.29, 1.82) is 0 Å². The summed E-state index contributed by atoms with van der Waals surface area (Å²) < 4.78 is 0. The summed E-state index contributed by atoms with van der Waals surface area (Å²) in [4.78, 5) is 16.1. The molecule has 0 saturated heterocycles. The third kappa shape index (κ3) is 4.02. The second-order valence-corrected chi connectivity index (χ2v) is 10.7. The number of Topliss-reactive ketones (excluding diaryl/α,β-unsaturated/α-hetero) is 1. The molecule has 1 aliphatic carbocycles. The first-order chi connectivity index (χ1) is 16.4. The Balaban J connectivity index is 1.62. The topological polar surface area (TPSA) is 32.3 Å². The molecule has 1 atom stereocenters. The Kier molecular flexibility index (Phi) is 5.97. The number of rotatable bonds is 6. The molecule has 0 aromatic heterocycles. The van der Waals surface area contributed by atoms with Crippen LogP contribution in [0.15, 0.2) is 66.2 Å². The van der Waals surface area contributed by atoms with Crippen LogP contribution >= 0.6 is 0 Å². The van der Waals surface area contributed by atoms with Gasteiger partial charge in [0, 0.05) is 42.0 Å². The molecule has 1 unspecified atom stereocenters. The third-order valence-corrected chi connectivity index (χ3v) is 7.31. The van der Waals surface area contributed by atoms with Gasteiger partial charge in [-0.2, -0.15) is 0 Å². The maximum atomic E-state index is 13.6. The Bertz CT molecular complexity index is 1250. The van der Waals surface area contributed by atoms with Crippen LogP contribution in [0.2, 0.25) is 0 Å². The minimum Gasteiger partial charge on any atom is -0.374 e. The van der Waals surface area contributed by atoms with Gasteiger partial charge in [0.2, 0.25) is 0 Å². The van der Waals surface area contributed by atoms with E-state index in [0.717, 1.165) is 54.6 Å². The zero-order chi connectivity index (χ0) is 23.9. The maximum absolute atomic E-state index is 13.6. The quantitative estimate of drug-likeness (QED) is 0.414. The van der Waals surface area contributed by atoms with E-state index >= 15 is 0 Å². The fraction of sp³-hybridized carbons (Fsp3) is 0.387. The van der Waals surface area contributed by atoms with Gasteiger partial charge in [-0.25, -0.2) is 0 Å². The van der Waals surface area contributed by atoms with E-state index in [-0.39, 0.29) is 17.2 Å². The Hall–Kier alpha value is -3.07. The Morgan fingerprint density at radius 3 is 2.32 bits per heavy atom. The van der Waals surface area contributed by atoms with E-state index in [0.29, 0.717) is 6.42 Å². The van der Waals surface area contributed by atoms with Crippen molar-refractivity contribution in [3.05, 3.63) is 77.4 Å². The molecule has 0 bridgehead atoms. The van der Waals surface area contributed by atoms with Crippen molar-refractivity contribution in [3.8, 4) is 0 Å². The van der Waals surface area contributed by atoms with Crippen molar-refractivity contribution in [2.45, 2.75) is 59.4 Å². The lowest BCUT2D eigenvalue weighted by Crippen LogP contribution is -2.32.